The first kappa shape index (κ1) is 32.2. The molecule has 56 heavy (non-hydrogen) atoms. The molecule has 0 aliphatic heterocycles. The summed E-state index contributed by atoms with van der Waals surface area (Å²) in [6, 6.07) is 52.5. The number of benzene rings is 8. The van der Waals surface area contributed by atoms with Crippen LogP contribution in [0.25, 0.3) is 85.5 Å². The average molecular weight is 733 g/mol. The number of thiophene rings is 1. The topological polar surface area (TPSA) is 0 Å². The predicted octanol–water partition coefficient (Wildman–Crippen LogP) is 15.8. The van der Waals surface area contributed by atoms with Crippen molar-refractivity contribution in [3.05, 3.63) is 192 Å². The summed E-state index contributed by atoms with van der Waals surface area (Å²) in [7, 11) is 0. The van der Waals surface area contributed by atoms with Gasteiger partial charge in [0.1, 0.15) is 0 Å². The van der Waals surface area contributed by atoms with Crippen LogP contribution in [0.3, 0.4) is 0 Å². The molecule has 0 bridgehead atoms. The maximum absolute atomic E-state index is 2.62. The Labute approximate surface area is 331 Å². The van der Waals surface area contributed by atoms with E-state index in [0.717, 1.165) is 19.3 Å². The summed E-state index contributed by atoms with van der Waals surface area (Å²) in [5.74, 6) is 0.346. The highest BCUT2D eigenvalue weighted by Crippen LogP contribution is 2.56. The van der Waals surface area contributed by atoms with Gasteiger partial charge in [0.25, 0.3) is 0 Å². The first-order chi connectivity index (χ1) is 27.5. The molecule has 9 aromatic rings. The van der Waals surface area contributed by atoms with Crippen molar-refractivity contribution in [2.45, 2.75) is 38.5 Å². The highest BCUT2D eigenvalue weighted by molar-refractivity contribution is 7.25. The predicted molar refractivity (Wildman–Crippen MR) is 244 cm³/mol. The molecule has 0 saturated carbocycles. The van der Waals surface area contributed by atoms with Crippen LogP contribution >= 0.6 is 11.3 Å². The molecule has 0 fully saturated rings. The quantitative estimate of drug-likeness (QED) is 0.159. The lowest BCUT2D eigenvalue weighted by atomic mass is 9.75. The molecule has 0 saturated heterocycles. The third-order valence-electron chi connectivity index (χ3n) is 13.2. The Bertz CT molecular complexity index is 3240. The Morgan fingerprint density at radius 2 is 1.23 bits per heavy atom. The largest absolute Gasteiger partial charge is 0.135 e. The van der Waals surface area contributed by atoms with Crippen LogP contribution in [0.1, 0.15) is 49.8 Å². The molecule has 3 aliphatic rings. The standard InChI is InChI=1S/C55H40S/c1-55(2)49-27-25-36(30-47(49)45-26-24-37-31-51-48(32-46(37)54(45)55)40-16-9-10-21-50(40)56-51)35-14-11-15-38(29-35)52-41-17-5-7-19-43(41)53(44-20-8-6-18-42(44)52)39-23-22-33-12-3-4-13-34(33)28-39/h3-10,12-14,16-24,26-32,36H,11,15,25H2,1-2H3. The van der Waals surface area contributed by atoms with Gasteiger partial charge in [-0.1, -0.05) is 153 Å². The summed E-state index contributed by atoms with van der Waals surface area (Å²) < 4.78 is 2.74. The molecule has 1 atom stereocenters. The van der Waals surface area contributed by atoms with Gasteiger partial charge in [0.05, 0.1) is 0 Å². The van der Waals surface area contributed by atoms with Crippen LogP contribution in [0.2, 0.25) is 0 Å². The van der Waals surface area contributed by atoms with E-state index in [0.29, 0.717) is 5.92 Å². The van der Waals surface area contributed by atoms with Crippen LogP contribution in [0, 0.1) is 5.92 Å². The van der Waals surface area contributed by atoms with E-state index < -0.39 is 0 Å². The highest BCUT2D eigenvalue weighted by atomic mass is 32.1. The number of rotatable bonds is 3. The number of allylic oxidation sites excluding steroid dienone is 8. The Morgan fingerprint density at radius 1 is 0.554 bits per heavy atom. The second-order valence-corrected chi connectivity index (χ2v) is 17.7. The van der Waals surface area contributed by atoms with E-state index in [1.54, 1.807) is 0 Å². The summed E-state index contributed by atoms with van der Waals surface area (Å²) in [5.41, 5.74) is 12.7. The summed E-state index contributed by atoms with van der Waals surface area (Å²) in [6.07, 6.45) is 13.4. The number of fused-ring (bicyclic) bond motifs is 11. The zero-order valence-electron chi connectivity index (χ0n) is 31.7. The minimum absolute atomic E-state index is 0.0578. The summed E-state index contributed by atoms with van der Waals surface area (Å²) in [5, 5.41) is 13.4. The molecule has 0 spiro atoms. The van der Waals surface area contributed by atoms with Gasteiger partial charge < -0.3 is 0 Å². The average Bonchev–Trinajstić information content (AvgIpc) is 3.72. The third-order valence-corrected chi connectivity index (χ3v) is 14.3. The van der Waals surface area contributed by atoms with E-state index in [1.807, 2.05) is 11.3 Å². The van der Waals surface area contributed by atoms with Crippen molar-refractivity contribution < 1.29 is 0 Å². The van der Waals surface area contributed by atoms with Gasteiger partial charge in [0.2, 0.25) is 0 Å². The van der Waals surface area contributed by atoms with Gasteiger partial charge in [-0.05, 0) is 137 Å². The van der Waals surface area contributed by atoms with E-state index in [2.05, 4.69) is 178 Å². The van der Waals surface area contributed by atoms with Gasteiger partial charge in [-0.2, -0.15) is 0 Å². The molecule has 12 rings (SSSR count). The van der Waals surface area contributed by atoms with Gasteiger partial charge in [0, 0.05) is 31.5 Å². The molecular weight excluding hydrogens is 693 g/mol. The van der Waals surface area contributed by atoms with Crippen LogP contribution in [-0.4, -0.2) is 0 Å². The van der Waals surface area contributed by atoms with E-state index in [9.17, 15) is 0 Å². The zero-order chi connectivity index (χ0) is 37.1. The molecule has 1 heterocycles. The summed E-state index contributed by atoms with van der Waals surface area (Å²) in [6.45, 7) is 4.90. The lowest BCUT2D eigenvalue weighted by Crippen LogP contribution is -2.17. The van der Waals surface area contributed by atoms with Crippen LogP contribution in [-0.2, 0) is 5.41 Å². The normalized spacial score (nSPS) is 17.6. The van der Waals surface area contributed by atoms with Crippen LogP contribution in [0.4, 0.5) is 0 Å². The fourth-order valence-corrected chi connectivity index (χ4v) is 11.8. The lowest BCUT2D eigenvalue weighted by Gasteiger charge is -2.28. The molecule has 1 heteroatoms. The van der Waals surface area contributed by atoms with Crippen molar-refractivity contribution in [3.63, 3.8) is 0 Å². The Balaban J connectivity index is 0.984. The highest BCUT2D eigenvalue weighted by Gasteiger charge is 2.41. The van der Waals surface area contributed by atoms with Crippen molar-refractivity contribution in [3.8, 4) is 11.1 Å². The maximum atomic E-state index is 2.62. The molecule has 0 amide bonds. The molecular formula is C55H40S. The number of hydrogen-bond donors (Lipinski definition) is 0. The van der Waals surface area contributed by atoms with Crippen LogP contribution < -0.4 is 0 Å². The molecule has 3 aliphatic carbocycles. The molecule has 0 nitrogen and oxygen atoms in total. The van der Waals surface area contributed by atoms with Crippen LogP contribution in [0.5, 0.6) is 0 Å². The van der Waals surface area contributed by atoms with Gasteiger partial charge in [-0.15, -0.1) is 11.3 Å². The first-order valence-corrected chi connectivity index (χ1v) is 21.0. The molecule has 8 aromatic carbocycles. The SMILES string of the molecule is CC1(C)C2=CCC(C3=CCCC(c4c5ccccc5c(-c5ccc6ccccc6c5)c5ccccc45)=C3)C=C2c2ccc3cc4sc5ccccc5c4cc3c21. The van der Waals surface area contributed by atoms with Crippen molar-refractivity contribution in [1.29, 1.82) is 0 Å². The first-order valence-electron chi connectivity index (χ1n) is 20.2. The van der Waals surface area contributed by atoms with E-state index in [-0.39, 0.29) is 5.41 Å². The number of hydrogen-bond acceptors (Lipinski definition) is 1. The lowest BCUT2D eigenvalue weighted by molar-refractivity contribution is 0.650. The van der Waals surface area contributed by atoms with Crippen molar-refractivity contribution in [1.82, 2.24) is 0 Å². The van der Waals surface area contributed by atoms with E-state index >= 15 is 0 Å². The monoisotopic (exact) mass is 732 g/mol. The van der Waals surface area contributed by atoms with E-state index in [1.165, 1.54) is 113 Å². The fourth-order valence-electron chi connectivity index (χ4n) is 10.7. The van der Waals surface area contributed by atoms with Gasteiger partial charge in [0.15, 0.2) is 0 Å². The fraction of sp³-hybridized carbons (Fsp3) is 0.127. The van der Waals surface area contributed by atoms with Crippen LogP contribution in [0.15, 0.2) is 175 Å². The molecule has 266 valence electrons. The molecule has 1 unspecified atom stereocenters. The van der Waals surface area contributed by atoms with E-state index in [4.69, 9.17) is 0 Å². The second kappa shape index (κ2) is 12.0. The Morgan fingerprint density at radius 3 is 2.02 bits per heavy atom. The molecule has 0 N–H and O–H groups in total. The maximum Gasteiger partial charge on any atom is 0.0361 e. The smallest absolute Gasteiger partial charge is 0.0361 e. The third kappa shape index (κ3) is 4.65. The molecule has 0 radical (unpaired) electrons. The Kier molecular flexibility index (Phi) is 6.90. The summed E-state index contributed by atoms with van der Waals surface area (Å²) >= 11 is 1.91. The Hall–Kier alpha value is -6.02. The van der Waals surface area contributed by atoms with Gasteiger partial charge in [-0.25, -0.2) is 0 Å². The van der Waals surface area contributed by atoms with Gasteiger partial charge in [-0.3, -0.25) is 0 Å². The van der Waals surface area contributed by atoms with Crippen molar-refractivity contribution >= 4 is 85.7 Å². The van der Waals surface area contributed by atoms with Gasteiger partial charge >= 0.3 is 0 Å². The minimum Gasteiger partial charge on any atom is -0.135 e. The molecule has 1 aromatic heterocycles. The second-order valence-electron chi connectivity index (χ2n) is 16.6. The zero-order valence-corrected chi connectivity index (χ0v) is 32.5. The van der Waals surface area contributed by atoms with Crippen molar-refractivity contribution in [2.75, 3.05) is 0 Å². The minimum atomic E-state index is -0.0578. The van der Waals surface area contributed by atoms with Crippen molar-refractivity contribution in [2.24, 2.45) is 5.92 Å². The summed E-state index contributed by atoms with van der Waals surface area (Å²) in [4.78, 5) is 0.